The number of ether oxygens (including phenoxy) is 2. The molecule has 1 aliphatic carbocycles. The van der Waals surface area contributed by atoms with E-state index >= 15 is 0 Å². The van der Waals surface area contributed by atoms with E-state index in [1.807, 2.05) is 19.1 Å². The molecule has 0 aliphatic heterocycles. The summed E-state index contributed by atoms with van der Waals surface area (Å²) >= 11 is 13.3. The van der Waals surface area contributed by atoms with Gasteiger partial charge in [0.1, 0.15) is 23.1 Å². The van der Waals surface area contributed by atoms with E-state index in [9.17, 15) is 4.79 Å². The molecule has 1 saturated carbocycles. The zero-order chi connectivity index (χ0) is 33.4. The van der Waals surface area contributed by atoms with Gasteiger partial charge in [-0.05, 0) is 55.5 Å². The Hall–Kier alpha value is -4.01. The second kappa shape index (κ2) is 11.6. The highest BCUT2D eigenvalue weighted by atomic mass is 35.5. The van der Waals surface area contributed by atoms with Crippen LogP contribution < -0.4 is 25.4 Å². The van der Waals surface area contributed by atoms with Crippen molar-refractivity contribution < 1.29 is 22.5 Å². The lowest BCUT2D eigenvalue weighted by Gasteiger charge is -2.18. The summed E-state index contributed by atoms with van der Waals surface area (Å²) in [6, 6.07) is 9.94. The van der Waals surface area contributed by atoms with E-state index in [1.54, 1.807) is 24.4 Å². The summed E-state index contributed by atoms with van der Waals surface area (Å²) in [5.41, 5.74) is 2.27. The highest BCUT2D eigenvalue weighted by Crippen LogP contribution is 2.46. The van der Waals surface area contributed by atoms with Crippen LogP contribution in [0.25, 0.3) is 22.0 Å². The van der Waals surface area contributed by atoms with E-state index in [-0.39, 0.29) is 38.7 Å². The van der Waals surface area contributed by atoms with Crippen LogP contribution in [0.4, 0.5) is 23.0 Å². The molecule has 1 fully saturated rings. The first-order chi connectivity index (χ1) is 21.6. The van der Waals surface area contributed by atoms with Crippen LogP contribution in [0.2, 0.25) is 10.0 Å². The van der Waals surface area contributed by atoms with E-state index in [4.69, 9.17) is 45.9 Å². The summed E-state index contributed by atoms with van der Waals surface area (Å²) in [4.78, 5) is 21.4. The fourth-order valence-electron chi connectivity index (χ4n) is 4.25. The van der Waals surface area contributed by atoms with E-state index in [0.717, 1.165) is 24.5 Å². The van der Waals surface area contributed by atoms with Gasteiger partial charge in [-0.2, -0.15) is 0 Å². The molecule has 10 heteroatoms. The molecule has 8 nitrogen and oxygen atoms in total. The Bertz CT molecular complexity index is 1790. The van der Waals surface area contributed by atoms with Gasteiger partial charge in [-0.1, -0.05) is 41.9 Å². The van der Waals surface area contributed by atoms with Gasteiger partial charge in [-0.25, -0.2) is 9.97 Å². The monoisotopic (exact) mass is 583 g/mol. The molecule has 0 spiro atoms. The van der Waals surface area contributed by atoms with Gasteiger partial charge in [0.25, 0.3) is 0 Å². The quantitative estimate of drug-likeness (QED) is 0.165. The maximum Gasteiger partial charge on any atom is 0.247 e. The number of benzene rings is 2. The van der Waals surface area contributed by atoms with Crippen molar-refractivity contribution >= 4 is 62.9 Å². The summed E-state index contributed by atoms with van der Waals surface area (Å²) in [5, 5.41) is 10.4. The molecule has 0 radical (unpaired) electrons. The normalized spacial score (nSPS) is 15.5. The first kappa shape index (κ1) is 20.8. The molecule has 5 rings (SSSR count). The standard InChI is InChI=1S/C30H29Cl2N5O3/c1-5-25(38)35-20-8-6-7-16(2)29(20)37-24-12-19-18(15-33-24)11-21(36-30(19)34-14-17-9-10-17)26-27(31)22(39-3)13-23(40-4)28(26)32/h5-8,11-13,15,17H,1,9-10,14H2,2-4H3,(H,33,37)(H,34,36)(H,35,38)/i3D3,4D3. The van der Waals surface area contributed by atoms with E-state index in [0.29, 0.717) is 46.2 Å². The molecule has 2 aromatic heterocycles. The lowest BCUT2D eigenvalue weighted by Crippen LogP contribution is -2.10. The molecular weight excluding hydrogens is 549 g/mol. The number of fused-ring (bicyclic) bond motifs is 1. The fraction of sp³-hybridized carbons (Fsp3) is 0.233. The van der Waals surface area contributed by atoms with Crippen LogP contribution in [0, 0.1) is 12.8 Å². The highest BCUT2D eigenvalue weighted by molar-refractivity contribution is 6.41. The van der Waals surface area contributed by atoms with Gasteiger partial charge >= 0.3 is 0 Å². The molecule has 0 bridgehead atoms. The number of anilines is 4. The van der Waals surface area contributed by atoms with Crippen LogP contribution >= 0.6 is 23.2 Å². The van der Waals surface area contributed by atoms with Crippen molar-refractivity contribution in [3.05, 3.63) is 70.9 Å². The van der Waals surface area contributed by atoms with Gasteiger partial charge in [-0.15, -0.1) is 0 Å². The SMILES string of the molecule is [2H]C([2H])([2H])Oc1cc(OC([2H])([2H])[2H])c(Cl)c(-c2cc3cnc(Nc4c(C)cccc4NC(=O)C=C)cc3c(NCC3CC3)n2)c1Cl. The molecular formula is C30H29Cl2N5O3. The van der Waals surface area contributed by atoms with Crippen molar-refractivity contribution in [2.75, 3.05) is 36.6 Å². The third kappa shape index (κ3) is 5.64. The fourth-order valence-corrected chi connectivity index (χ4v) is 4.87. The number of hydrogen-bond acceptors (Lipinski definition) is 7. The maximum atomic E-state index is 12.0. The molecule has 40 heavy (non-hydrogen) atoms. The van der Waals surface area contributed by atoms with Gasteiger partial charge in [0.15, 0.2) is 0 Å². The number of aryl methyl sites for hydroxylation is 1. The Balaban J connectivity index is 1.64. The van der Waals surface area contributed by atoms with Gasteiger partial charge in [0.05, 0.1) is 49.4 Å². The number of methoxy groups -OCH3 is 2. The van der Waals surface area contributed by atoms with Gasteiger partial charge in [0, 0.05) is 35.1 Å². The predicted molar refractivity (Wildman–Crippen MR) is 163 cm³/mol. The second-order valence-corrected chi connectivity index (χ2v) is 10.1. The summed E-state index contributed by atoms with van der Waals surface area (Å²) < 4.78 is 55.5. The molecule has 1 aliphatic rings. The minimum absolute atomic E-state index is 0.0189. The molecule has 0 saturated heterocycles. The number of rotatable bonds is 10. The Kier molecular flexibility index (Phi) is 6.05. The lowest BCUT2D eigenvalue weighted by atomic mass is 10.1. The summed E-state index contributed by atoms with van der Waals surface area (Å²) in [7, 11) is -5.81. The number of nitrogens with zero attached hydrogens (tertiary/aromatic N) is 2. The minimum Gasteiger partial charge on any atom is -0.495 e. The summed E-state index contributed by atoms with van der Waals surface area (Å²) in [5.74, 6) is 0.335. The Morgan fingerprint density at radius 3 is 2.60 bits per heavy atom. The smallest absolute Gasteiger partial charge is 0.247 e. The number of carbonyl (C=O) groups is 1. The van der Waals surface area contributed by atoms with Crippen LogP contribution in [0.1, 0.15) is 26.6 Å². The number of hydrogen-bond donors (Lipinski definition) is 3. The van der Waals surface area contributed by atoms with Crippen molar-refractivity contribution in [3.63, 3.8) is 0 Å². The Morgan fingerprint density at radius 2 is 1.93 bits per heavy atom. The zero-order valence-electron chi connectivity index (χ0n) is 27.4. The van der Waals surface area contributed by atoms with Gasteiger partial charge in [0.2, 0.25) is 5.91 Å². The Morgan fingerprint density at radius 1 is 1.18 bits per heavy atom. The average Bonchev–Trinajstić information content (AvgIpc) is 3.79. The third-order valence-corrected chi connectivity index (χ3v) is 7.30. The minimum atomic E-state index is -2.90. The van der Waals surface area contributed by atoms with Crippen LogP contribution in [0.3, 0.4) is 0 Å². The average molecular weight is 585 g/mol. The third-order valence-electron chi connectivity index (χ3n) is 6.55. The molecule has 206 valence electrons. The van der Waals surface area contributed by atoms with Crippen LogP contribution in [0.5, 0.6) is 11.5 Å². The zero-order valence-corrected chi connectivity index (χ0v) is 22.9. The van der Waals surface area contributed by atoms with Crippen molar-refractivity contribution in [2.45, 2.75) is 19.8 Å². The van der Waals surface area contributed by atoms with Gasteiger partial charge in [-0.3, -0.25) is 4.79 Å². The second-order valence-electron chi connectivity index (χ2n) is 9.37. The molecule has 2 heterocycles. The van der Waals surface area contributed by atoms with Gasteiger partial charge < -0.3 is 25.4 Å². The molecule has 0 unspecified atom stereocenters. The lowest BCUT2D eigenvalue weighted by molar-refractivity contribution is -0.111. The van der Waals surface area contributed by atoms with E-state index in [2.05, 4.69) is 27.5 Å². The van der Waals surface area contributed by atoms with Crippen molar-refractivity contribution in [2.24, 2.45) is 5.92 Å². The predicted octanol–water partition coefficient (Wildman–Crippen LogP) is 7.62. The molecule has 2 aromatic carbocycles. The maximum absolute atomic E-state index is 12.0. The van der Waals surface area contributed by atoms with Crippen molar-refractivity contribution in [1.82, 2.24) is 9.97 Å². The number of nitrogens with one attached hydrogen (secondary N) is 3. The van der Waals surface area contributed by atoms with Crippen molar-refractivity contribution in [1.29, 1.82) is 0 Å². The largest absolute Gasteiger partial charge is 0.495 e. The van der Waals surface area contributed by atoms with Crippen molar-refractivity contribution in [3.8, 4) is 22.8 Å². The molecule has 4 aromatic rings. The first-order valence-corrected chi connectivity index (χ1v) is 13.1. The van der Waals surface area contributed by atoms with E-state index in [1.165, 1.54) is 6.08 Å². The van der Waals surface area contributed by atoms with Crippen LogP contribution in [0.15, 0.2) is 55.3 Å². The van der Waals surface area contributed by atoms with E-state index < -0.39 is 14.1 Å². The van der Waals surface area contributed by atoms with Crippen LogP contribution in [-0.4, -0.2) is 36.5 Å². The first-order valence-electron chi connectivity index (χ1n) is 15.4. The number of para-hydroxylation sites is 1. The van der Waals surface area contributed by atoms with Crippen LogP contribution in [-0.2, 0) is 4.79 Å². The number of pyridine rings is 2. The molecule has 1 amide bonds. The highest BCUT2D eigenvalue weighted by Gasteiger charge is 2.24. The number of amides is 1. The number of halogens is 2. The number of carbonyl (C=O) groups excluding carboxylic acids is 1. The Labute approximate surface area is 251 Å². The summed E-state index contributed by atoms with van der Waals surface area (Å²) in [6.07, 6.45) is 4.94. The molecule has 3 N–H and O–H groups in total. The topological polar surface area (TPSA) is 97.4 Å². The summed E-state index contributed by atoms with van der Waals surface area (Å²) in [6.45, 7) is 6.05. The molecule has 0 atom stereocenters. The number of aromatic nitrogens is 2.